The van der Waals surface area contributed by atoms with Gasteiger partial charge in [-0.3, -0.25) is 0 Å². The van der Waals surface area contributed by atoms with Crippen LogP contribution in [-0.2, 0) is 16.2 Å². The van der Waals surface area contributed by atoms with Gasteiger partial charge in [0.1, 0.15) is 18.2 Å². The van der Waals surface area contributed by atoms with Gasteiger partial charge in [0, 0.05) is 49.6 Å². The van der Waals surface area contributed by atoms with E-state index in [2.05, 4.69) is 34.7 Å². The second-order valence-corrected chi connectivity index (χ2v) is 14.8. The van der Waals surface area contributed by atoms with Crippen LogP contribution in [0.1, 0.15) is 17.4 Å². The van der Waals surface area contributed by atoms with Crippen molar-refractivity contribution in [3.8, 4) is 22.9 Å². The third-order valence-corrected chi connectivity index (χ3v) is 6.97. The van der Waals surface area contributed by atoms with Crippen molar-refractivity contribution in [2.45, 2.75) is 39.3 Å². The first-order chi connectivity index (χ1) is 16.3. The van der Waals surface area contributed by atoms with E-state index >= 15 is 0 Å². The molecule has 4 aromatic rings. The molecule has 1 aromatic carbocycles. The summed E-state index contributed by atoms with van der Waals surface area (Å²) in [6, 6.07) is 14.1. The maximum absolute atomic E-state index is 11.9. The van der Waals surface area contributed by atoms with E-state index in [1.807, 2.05) is 41.1 Å². The number of carbonyl (C=O) groups excluding carboxylic acids is 1. The van der Waals surface area contributed by atoms with E-state index < -0.39 is 8.07 Å². The average molecular weight is 479 g/mol. The zero-order valence-corrected chi connectivity index (χ0v) is 21.0. The molecular weight excluding hydrogens is 448 g/mol. The number of H-pyrrole nitrogens is 1. The molecule has 0 fully saturated rings. The third kappa shape index (κ3) is 5.92. The SMILES string of the molecule is CCOC(=O)c1cc2cc(Oc3ccc(-c4ccnn4COCC[Si](C)(C)C)cn3)ccc2[nH]1. The van der Waals surface area contributed by atoms with E-state index in [-0.39, 0.29) is 5.97 Å². The summed E-state index contributed by atoms with van der Waals surface area (Å²) in [6.45, 7) is 10.3. The maximum Gasteiger partial charge on any atom is 0.354 e. The highest BCUT2D eigenvalue weighted by Gasteiger charge is 2.13. The zero-order valence-electron chi connectivity index (χ0n) is 20.0. The normalized spacial score (nSPS) is 11.6. The molecule has 0 aliphatic heterocycles. The summed E-state index contributed by atoms with van der Waals surface area (Å²) >= 11 is 0. The van der Waals surface area contributed by atoms with Crippen LogP contribution < -0.4 is 4.74 Å². The number of esters is 1. The molecule has 1 N–H and O–H groups in total. The van der Waals surface area contributed by atoms with Crippen LogP contribution in [0.2, 0.25) is 25.7 Å². The van der Waals surface area contributed by atoms with Crippen molar-refractivity contribution in [1.82, 2.24) is 19.7 Å². The van der Waals surface area contributed by atoms with Crippen molar-refractivity contribution in [3.63, 3.8) is 0 Å². The number of carbonyl (C=O) groups is 1. The molecule has 0 spiro atoms. The Kier molecular flexibility index (Phi) is 7.14. The fraction of sp³-hybridized carbons (Fsp3) is 0.320. The lowest BCUT2D eigenvalue weighted by Gasteiger charge is -2.16. The number of hydrogen-bond donors (Lipinski definition) is 1. The fourth-order valence-corrected chi connectivity index (χ4v) is 4.17. The molecule has 0 radical (unpaired) electrons. The second-order valence-electron chi connectivity index (χ2n) is 9.20. The molecule has 0 saturated carbocycles. The minimum Gasteiger partial charge on any atom is -0.461 e. The van der Waals surface area contributed by atoms with Crippen LogP contribution in [0.4, 0.5) is 0 Å². The lowest BCUT2D eigenvalue weighted by molar-refractivity contribution is 0.0520. The van der Waals surface area contributed by atoms with Crippen LogP contribution in [0.3, 0.4) is 0 Å². The topological polar surface area (TPSA) is 91.3 Å². The van der Waals surface area contributed by atoms with E-state index in [0.29, 0.717) is 30.7 Å². The summed E-state index contributed by atoms with van der Waals surface area (Å²) in [5.41, 5.74) is 3.11. The Morgan fingerprint density at radius 2 is 1.97 bits per heavy atom. The molecule has 34 heavy (non-hydrogen) atoms. The minimum atomic E-state index is -1.12. The first kappa shape index (κ1) is 23.7. The quantitative estimate of drug-likeness (QED) is 0.178. The molecule has 0 saturated heterocycles. The fourth-order valence-electron chi connectivity index (χ4n) is 3.42. The van der Waals surface area contributed by atoms with Crippen molar-refractivity contribution in [2.75, 3.05) is 13.2 Å². The molecule has 0 amide bonds. The number of ether oxygens (including phenoxy) is 3. The number of benzene rings is 1. The van der Waals surface area contributed by atoms with Crippen LogP contribution in [0.15, 0.2) is 54.9 Å². The summed E-state index contributed by atoms with van der Waals surface area (Å²) in [5.74, 6) is 0.726. The molecular formula is C25H30N4O4Si. The molecule has 4 rings (SSSR count). The van der Waals surface area contributed by atoms with E-state index in [4.69, 9.17) is 14.2 Å². The first-order valence-electron chi connectivity index (χ1n) is 11.4. The number of rotatable bonds is 10. The van der Waals surface area contributed by atoms with Gasteiger partial charge < -0.3 is 19.2 Å². The first-order valence-corrected chi connectivity index (χ1v) is 15.1. The lowest BCUT2D eigenvalue weighted by Crippen LogP contribution is -2.22. The number of hydrogen-bond acceptors (Lipinski definition) is 6. The molecule has 0 unspecified atom stereocenters. The second kappa shape index (κ2) is 10.2. The molecule has 8 nitrogen and oxygen atoms in total. The molecule has 3 heterocycles. The highest BCUT2D eigenvalue weighted by atomic mass is 28.3. The number of nitrogens with one attached hydrogen (secondary N) is 1. The van der Waals surface area contributed by atoms with Crippen molar-refractivity contribution < 1.29 is 19.0 Å². The lowest BCUT2D eigenvalue weighted by atomic mass is 10.2. The Labute approximate surface area is 199 Å². The van der Waals surface area contributed by atoms with Crippen molar-refractivity contribution in [1.29, 1.82) is 0 Å². The van der Waals surface area contributed by atoms with Gasteiger partial charge >= 0.3 is 5.97 Å². The van der Waals surface area contributed by atoms with E-state index in [9.17, 15) is 4.79 Å². The summed E-state index contributed by atoms with van der Waals surface area (Å²) in [6.07, 6.45) is 3.52. The van der Waals surface area contributed by atoms with Gasteiger partial charge in [-0.25, -0.2) is 14.5 Å². The van der Waals surface area contributed by atoms with Crippen LogP contribution in [0.25, 0.3) is 22.2 Å². The number of pyridine rings is 1. The predicted octanol–water partition coefficient (Wildman–Crippen LogP) is 5.71. The van der Waals surface area contributed by atoms with Crippen LogP contribution in [0, 0.1) is 0 Å². The maximum atomic E-state index is 11.9. The van der Waals surface area contributed by atoms with Crippen LogP contribution >= 0.6 is 0 Å². The Balaban J connectivity index is 1.41. The summed E-state index contributed by atoms with van der Waals surface area (Å²) in [5, 5.41) is 5.24. The Hall–Kier alpha value is -3.43. The molecule has 3 aromatic heterocycles. The van der Waals surface area contributed by atoms with Gasteiger partial charge in [-0.15, -0.1) is 0 Å². The summed E-state index contributed by atoms with van der Waals surface area (Å²) in [4.78, 5) is 19.5. The molecule has 0 atom stereocenters. The van der Waals surface area contributed by atoms with Crippen molar-refractivity contribution in [2.24, 2.45) is 0 Å². The number of nitrogens with zero attached hydrogens (tertiary/aromatic N) is 3. The molecule has 0 aliphatic carbocycles. The highest BCUT2D eigenvalue weighted by Crippen LogP contribution is 2.27. The predicted molar refractivity (Wildman–Crippen MR) is 134 cm³/mol. The van der Waals surface area contributed by atoms with Crippen LogP contribution in [-0.4, -0.2) is 47.0 Å². The number of aromatic amines is 1. The van der Waals surface area contributed by atoms with Gasteiger partial charge in [-0.2, -0.15) is 5.10 Å². The zero-order chi connectivity index (χ0) is 24.1. The van der Waals surface area contributed by atoms with Crippen LogP contribution in [0.5, 0.6) is 11.6 Å². The van der Waals surface area contributed by atoms with Gasteiger partial charge in [0.15, 0.2) is 0 Å². The molecule has 0 aliphatic rings. The molecule has 9 heteroatoms. The van der Waals surface area contributed by atoms with E-state index in [1.165, 1.54) is 0 Å². The van der Waals surface area contributed by atoms with Gasteiger partial charge in [0.25, 0.3) is 0 Å². The molecule has 178 valence electrons. The minimum absolute atomic E-state index is 0.330. The number of aromatic nitrogens is 4. The van der Waals surface area contributed by atoms with Crippen molar-refractivity contribution in [3.05, 3.63) is 60.6 Å². The summed E-state index contributed by atoms with van der Waals surface area (Å²) in [7, 11) is -1.12. The highest BCUT2D eigenvalue weighted by molar-refractivity contribution is 6.76. The Morgan fingerprint density at radius 1 is 1.12 bits per heavy atom. The average Bonchev–Trinajstić information content (AvgIpc) is 3.44. The van der Waals surface area contributed by atoms with Crippen molar-refractivity contribution >= 4 is 24.9 Å². The van der Waals surface area contributed by atoms with E-state index in [0.717, 1.165) is 34.8 Å². The Bertz CT molecular complexity index is 1260. The largest absolute Gasteiger partial charge is 0.461 e. The van der Waals surface area contributed by atoms with Gasteiger partial charge in [0.05, 0.1) is 12.3 Å². The van der Waals surface area contributed by atoms with Gasteiger partial charge in [-0.1, -0.05) is 19.6 Å². The summed E-state index contributed by atoms with van der Waals surface area (Å²) < 4.78 is 18.7. The monoisotopic (exact) mass is 478 g/mol. The smallest absolute Gasteiger partial charge is 0.354 e. The standard InChI is InChI=1S/C25H30N4O4Si/c1-5-32-25(30)22-15-19-14-20(7-8-21(19)28-22)33-24-9-6-18(16-26-24)23-10-11-27-29(23)17-31-12-13-34(2,3)4/h6-11,14-16,28H,5,12-13,17H2,1-4H3. The van der Waals surface area contributed by atoms with E-state index in [1.54, 1.807) is 25.4 Å². The van der Waals surface area contributed by atoms with Gasteiger partial charge in [-0.05, 0) is 49.4 Å². The third-order valence-electron chi connectivity index (χ3n) is 5.27. The number of fused-ring (bicyclic) bond motifs is 1. The molecule has 0 bridgehead atoms. The van der Waals surface area contributed by atoms with Gasteiger partial charge in [0.2, 0.25) is 5.88 Å². The Morgan fingerprint density at radius 3 is 2.71 bits per heavy atom.